The van der Waals surface area contributed by atoms with Gasteiger partial charge < -0.3 is 4.90 Å². The van der Waals surface area contributed by atoms with Gasteiger partial charge in [-0.15, -0.1) is 6.58 Å². The maximum absolute atomic E-state index is 12.5. The molecule has 3 saturated carbocycles. The number of carbonyl (C=O) groups excluding carboxylic acids is 1. The monoisotopic (exact) mass is 247 g/mol. The molecule has 4 unspecified atom stereocenters. The normalized spacial score (nSPS) is 45.8. The first-order valence-electron chi connectivity index (χ1n) is 7.35. The van der Waals surface area contributed by atoms with Gasteiger partial charge in [-0.3, -0.25) is 4.79 Å². The molecule has 0 spiro atoms. The van der Waals surface area contributed by atoms with Crippen LogP contribution in [0.2, 0.25) is 0 Å². The Hall–Kier alpha value is -0.790. The Balaban J connectivity index is 1.87. The van der Waals surface area contributed by atoms with E-state index in [1.54, 1.807) is 0 Å². The minimum Gasteiger partial charge on any atom is -0.336 e. The fourth-order valence-electron chi connectivity index (χ4n) is 4.95. The van der Waals surface area contributed by atoms with Crippen molar-refractivity contribution >= 4 is 5.91 Å². The number of carbonyl (C=O) groups is 1. The third-order valence-corrected chi connectivity index (χ3v) is 6.37. The van der Waals surface area contributed by atoms with Crippen LogP contribution in [0.4, 0.5) is 0 Å². The third-order valence-electron chi connectivity index (χ3n) is 6.37. The molecule has 2 bridgehead atoms. The van der Waals surface area contributed by atoms with Crippen molar-refractivity contribution in [1.82, 2.24) is 4.90 Å². The summed E-state index contributed by atoms with van der Waals surface area (Å²) in [4.78, 5) is 14.7. The molecule has 4 fully saturated rings. The maximum Gasteiger partial charge on any atom is 0.230 e. The molecule has 100 valence electrons. The van der Waals surface area contributed by atoms with Crippen molar-refractivity contribution in [3.8, 4) is 0 Å². The minimum absolute atomic E-state index is 0.0720. The summed E-state index contributed by atoms with van der Waals surface area (Å²) in [5.74, 6) is 1.98. The SMILES string of the molecule is C=CC1CCN(C2(C)CCC3CC2C3(C)C)C1=O. The summed E-state index contributed by atoms with van der Waals surface area (Å²) in [5.41, 5.74) is 0.534. The van der Waals surface area contributed by atoms with E-state index in [4.69, 9.17) is 0 Å². The van der Waals surface area contributed by atoms with Gasteiger partial charge in [0.1, 0.15) is 0 Å². The van der Waals surface area contributed by atoms with E-state index in [1.807, 2.05) is 6.08 Å². The number of likely N-dealkylation sites (tertiary alicyclic amines) is 1. The van der Waals surface area contributed by atoms with E-state index in [0.29, 0.717) is 17.2 Å². The molecule has 0 aromatic carbocycles. The summed E-state index contributed by atoms with van der Waals surface area (Å²) in [7, 11) is 0. The number of nitrogens with zero attached hydrogens (tertiary/aromatic N) is 1. The van der Waals surface area contributed by atoms with E-state index in [0.717, 1.165) is 18.9 Å². The molecule has 0 radical (unpaired) electrons. The summed E-state index contributed by atoms with van der Waals surface area (Å²) >= 11 is 0. The van der Waals surface area contributed by atoms with Crippen LogP contribution in [-0.4, -0.2) is 22.9 Å². The van der Waals surface area contributed by atoms with Gasteiger partial charge in [-0.2, -0.15) is 0 Å². The quantitative estimate of drug-likeness (QED) is 0.686. The first-order chi connectivity index (χ1) is 8.41. The highest BCUT2D eigenvalue weighted by Crippen LogP contribution is 2.64. The molecule has 4 atom stereocenters. The topological polar surface area (TPSA) is 20.3 Å². The van der Waals surface area contributed by atoms with Crippen LogP contribution in [-0.2, 0) is 4.79 Å². The molecule has 4 rings (SSSR count). The van der Waals surface area contributed by atoms with Gasteiger partial charge in [0, 0.05) is 12.1 Å². The molecule has 3 aliphatic carbocycles. The molecule has 1 saturated heterocycles. The fraction of sp³-hybridized carbons (Fsp3) is 0.812. The average molecular weight is 247 g/mol. The lowest BCUT2D eigenvalue weighted by molar-refractivity contribution is -0.173. The van der Waals surface area contributed by atoms with Crippen molar-refractivity contribution in [1.29, 1.82) is 0 Å². The zero-order valence-electron chi connectivity index (χ0n) is 11.9. The molecule has 18 heavy (non-hydrogen) atoms. The van der Waals surface area contributed by atoms with Crippen LogP contribution >= 0.6 is 0 Å². The fourth-order valence-corrected chi connectivity index (χ4v) is 4.95. The summed E-state index contributed by atoms with van der Waals surface area (Å²) in [6, 6.07) is 0. The molecule has 4 aliphatic rings. The lowest BCUT2D eigenvalue weighted by atomic mass is 9.43. The molecule has 0 aromatic rings. The average Bonchev–Trinajstić information content (AvgIpc) is 2.70. The predicted molar refractivity (Wildman–Crippen MR) is 73.0 cm³/mol. The van der Waals surface area contributed by atoms with Gasteiger partial charge in [-0.1, -0.05) is 19.9 Å². The lowest BCUT2D eigenvalue weighted by Gasteiger charge is -2.66. The van der Waals surface area contributed by atoms with Gasteiger partial charge in [0.15, 0.2) is 0 Å². The largest absolute Gasteiger partial charge is 0.336 e. The van der Waals surface area contributed by atoms with E-state index >= 15 is 0 Å². The van der Waals surface area contributed by atoms with Gasteiger partial charge in [-0.05, 0) is 49.9 Å². The molecule has 2 heteroatoms. The van der Waals surface area contributed by atoms with Crippen LogP contribution in [0.15, 0.2) is 12.7 Å². The Bertz CT molecular complexity index is 398. The second kappa shape index (κ2) is 3.61. The van der Waals surface area contributed by atoms with E-state index in [1.165, 1.54) is 19.3 Å². The van der Waals surface area contributed by atoms with E-state index in [-0.39, 0.29) is 11.5 Å². The van der Waals surface area contributed by atoms with Gasteiger partial charge in [0.05, 0.1) is 5.92 Å². The summed E-state index contributed by atoms with van der Waals surface area (Å²) in [6.45, 7) is 11.9. The molecule has 1 aliphatic heterocycles. The van der Waals surface area contributed by atoms with Crippen molar-refractivity contribution in [3.63, 3.8) is 0 Å². The van der Waals surface area contributed by atoms with Crippen LogP contribution in [0.5, 0.6) is 0 Å². The van der Waals surface area contributed by atoms with Crippen molar-refractivity contribution in [2.75, 3.05) is 6.54 Å². The molecular formula is C16H25NO. The van der Waals surface area contributed by atoms with Crippen molar-refractivity contribution < 1.29 is 4.79 Å². The van der Waals surface area contributed by atoms with Crippen molar-refractivity contribution in [2.45, 2.75) is 52.0 Å². The van der Waals surface area contributed by atoms with Gasteiger partial charge in [-0.25, -0.2) is 0 Å². The number of hydrogen-bond donors (Lipinski definition) is 0. The number of rotatable bonds is 2. The highest BCUT2D eigenvalue weighted by Gasteiger charge is 2.62. The Morgan fingerprint density at radius 3 is 2.56 bits per heavy atom. The summed E-state index contributed by atoms with van der Waals surface area (Å²) < 4.78 is 0. The number of fused-ring (bicyclic) bond motifs is 2. The standard InChI is InChI=1S/C16H25NO/c1-5-11-7-9-17(14(11)18)16(4)8-6-12-10-13(16)15(12,2)3/h5,11-13H,1,6-10H2,2-4H3. The smallest absolute Gasteiger partial charge is 0.230 e. The zero-order valence-corrected chi connectivity index (χ0v) is 11.9. The van der Waals surface area contributed by atoms with Crippen molar-refractivity contribution in [2.24, 2.45) is 23.2 Å². The van der Waals surface area contributed by atoms with Crippen LogP contribution < -0.4 is 0 Å². The first-order valence-corrected chi connectivity index (χ1v) is 7.35. The van der Waals surface area contributed by atoms with Gasteiger partial charge in [0.2, 0.25) is 5.91 Å². The van der Waals surface area contributed by atoms with E-state index in [9.17, 15) is 4.79 Å². The van der Waals surface area contributed by atoms with E-state index < -0.39 is 0 Å². The Labute approximate surface area is 110 Å². The first kappa shape index (κ1) is 12.3. The number of amides is 1. The predicted octanol–water partition coefficient (Wildman–Crippen LogP) is 3.24. The summed E-state index contributed by atoms with van der Waals surface area (Å²) in [5, 5.41) is 0. The second-order valence-corrected chi connectivity index (χ2v) is 7.32. The highest BCUT2D eigenvalue weighted by atomic mass is 16.2. The van der Waals surface area contributed by atoms with E-state index in [2.05, 4.69) is 32.3 Å². The molecule has 2 nitrogen and oxygen atoms in total. The van der Waals surface area contributed by atoms with Crippen LogP contribution in [0.1, 0.15) is 46.5 Å². The molecule has 0 N–H and O–H groups in total. The third kappa shape index (κ3) is 1.32. The molecular weight excluding hydrogens is 222 g/mol. The van der Waals surface area contributed by atoms with Crippen LogP contribution in [0.25, 0.3) is 0 Å². The number of hydrogen-bond acceptors (Lipinski definition) is 1. The molecule has 1 amide bonds. The Morgan fingerprint density at radius 1 is 1.33 bits per heavy atom. The summed E-state index contributed by atoms with van der Waals surface area (Å²) in [6.07, 6.45) is 6.62. The second-order valence-electron chi connectivity index (χ2n) is 7.32. The Kier molecular flexibility index (Phi) is 2.46. The van der Waals surface area contributed by atoms with Crippen LogP contribution in [0.3, 0.4) is 0 Å². The zero-order chi connectivity index (χ0) is 13.1. The van der Waals surface area contributed by atoms with Crippen LogP contribution in [0, 0.1) is 23.2 Å². The Morgan fingerprint density at radius 2 is 2.06 bits per heavy atom. The van der Waals surface area contributed by atoms with Gasteiger partial charge in [0.25, 0.3) is 0 Å². The lowest BCUT2D eigenvalue weighted by Crippen LogP contribution is -2.66. The minimum atomic E-state index is 0.0720. The molecule has 0 aromatic heterocycles. The van der Waals surface area contributed by atoms with Gasteiger partial charge >= 0.3 is 0 Å². The molecule has 1 heterocycles. The maximum atomic E-state index is 12.5. The van der Waals surface area contributed by atoms with Crippen molar-refractivity contribution in [3.05, 3.63) is 12.7 Å². The highest BCUT2D eigenvalue weighted by molar-refractivity contribution is 5.83.